The molecule has 1 heterocycles. The Hall–Kier alpha value is -0.860. The van der Waals surface area contributed by atoms with Gasteiger partial charge >= 0.3 is 0 Å². The highest BCUT2D eigenvalue weighted by Crippen LogP contribution is 2.22. The number of aliphatic hydroxyl groups excluding tert-OH is 1. The topological polar surface area (TPSA) is 23.5 Å². The van der Waals surface area contributed by atoms with E-state index in [-0.39, 0.29) is 6.10 Å². The molecule has 1 aromatic carbocycles. The maximum Gasteiger partial charge on any atom is 0.0667 e. The zero-order valence-corrected chi connectivity index (χ0v) is 10.0. The van der Waals surface area contributed by atoms with Gasteiger partial charge in [0.15, 0.2) is 0 Å². The highest BCUT2D eigenvalue weighted by atomic mass is 16.3. The van der Waals surface area contributed by atoms with Gasteiger partial charge in [0.25, 0.3) is 0 Å². The SMILES string of the molecule is CCCCC(O)CN1Cc2ccccc2C1. The molecule has 1 aliphatic rings. The molecule has 0 spiro atoms. The second-order valence-electron chi connectivity index (χ2n) is 4.73. The van der Waals surface area contributed by atoms with Gasteiger partial charge in [0.05, 0.1) is 6.10 Å². The van der Waals surface area contributed by atoms with Crippen LogP contribution in [0.3, 0.4) is 0 Å². The van der Waals surface area contributed by atoms with Crippen LogP contribution in [0.1, 0.15) is 37.3 Å². The summed E-state index contributed by atoms with van der Waals surface area (Å²) in [6.07, 6.45) is 3.07. The highest BCUT2D eigenvalue weighted by molar-refractivity contribution is 5.30. The fourth-order valence-electron chi connectivity index (χ4n) is 2.36. The van der Waals surface area contributed by atoms with Crippen LogP contribution in [0.15, 0.2) is 24.3 Å². The zero-order chi connectivity index (χ0) is 11.4. The standard InChI is InChI=1S/C14H21NO/c1-2-3-8-14(16)11-15-9-12-6-4-5-7-13(12)10-15/h4-7,14,16H,2-3,8-11H2,1H3. The summed E-state index contributed by atoms with van der Waals surface area (Å²) in [7, 11) is 0. The lowest BCUT2D eigenvalue weighted by Gasteiger charge is -2.19. The zero-order valence-electron chi connectivity index (χ0n) is 10.0. The van der Waals surface area contributed by atoms with Crippen molar-refractivity contribution in [3.05, 3.63) is 35.4 Å². The minimum Gasteiger partial charge on any atom is -0.392 e. The van der Waals surface area contributed by atoms with Crippen molar-refractivity contribution < 1.29 is 5.11 Å². The lowest BCUT2D eigenvalue weighted by Crippen LogP contribution is -2.28. The predicted molar refractivity (Wildman–Crippen MR) is 66.1 cm³/mol. The molecule has 2 rings (SSSR count). The summed E-state index contributed by atoms with van der Waals surface area (Å²) < 4.78 is 0. The maximum absolute atomic E-state index is 9.88. The van der Waals surface area contributed by atoms with Crippen LogP contribution >= 0.6 is 0 Å². The third kappa shape index (κ3) is 2.83. The van der Waals surface area contributed by atoms with Crippen molar-refractivity contribution in [1.29, 1.82) is 0 Å². The minimum atomic E-state index is -0.158. The van der Waals surface area contributed by atoms with Gasteiger partial charge in [-0.05, 0) is 17.5 Å². The molecule has 1 aromatic rings. The van der Waals surface area contributed by atoms with Crippen molar-refractivity contribution >= 4 is 0 Å². The lowest BCUT2D eigenvalue weighted by molar-refractivity contribution is 0.102. The quantitative estimate of drug-likeness (QED) is 0.822. The number of hydrogen-bond acceptors (Lipinski definition) is 2. The van der Waals surface area contributed by atoms with E-state index in [1.165, 1.54) is 11.1 Å². The normalized spacial score (nSPS) is 17.4. The van der Waals surface area contributed by atoms with Crippen molar-refractivity contribution in [2.75, 3.05) is 6.54 Å². The molecule has 2 nitrogen and oxygen atoms in total. The average molecular weight is 219 g/mol. The Morgan fingerprint density at radius 1 is 1.25 bits per heavy atom. The summed E-state index contributed by atoms with van der Waals surface area (Å²) >= 11 is 0. The highest BCUT2D eigenvalue weighted by Gasteiger charge is 2.19. The molecule has 0 saturated heterocycles. The number of unbranched alkanes of at least 4 members (excludes halogenated alkanes) is 1. The molecule has 0 aromatic heterocycles. The van der Waals surface area contributed by atoms with Gasteiger partial charge in [-0.3, -0.25) is 4.90 Å². The van der Waals surface area contributed by atoms with Crippen LogP contribution in [0, 0.1) is 0 Å². The number of hydrogen-bond donors (Lipinski definition) is 1. The molecule has 0 saturated carbocycles. The van der Waals surface area contributed by atoms with E-state index >= 15 is 0 Å². The van der Waals surface area contributed by atoms with Crippen molar-refractivity contribution in [3.8, 4) is 0 Å². The van der Waals surface area contributed by atoms with Gasteiger partial charge in [-0.2, -0.15) is 0 Å². The third-order valence-corrected chi connectivity index (χ3v) is 3.27. The fraction of sp³-hybridized carbons (Fsp3) is 0.571. The molecule has 0 amide bonds. The second-order valence-corrected chi connectivity index (χ2v) is 4.73. The van der Waals surface area contributed by atoms with Crippen molar-refractivity contribution in [3.63, 3.8) is 0 Å². The summed E-state index contributed by atoms with van der Waals surface area (Å²) in [6, 6.07) is 8.56. The lowest BCUT2D eigenvalue weighted by atomic mass is 10.1. The number of rotatable bonds is 5. The van der Waals surface area contributed by atoms with Gasteiger partial charge in [-0.15, -0.1) is 0 Å². The van der Waals surface area contributed by atoms with Gasteiger partial charge in [-0.1, -0.05) is 44.0 Å². The predicted octanol–water partition coefficient (Wildman–Crippen LogP) is 2.55. The molecule has 1 N–H and O–H groups in total. The first-order valence-electron chi connectivity index (χ1n) is 6.26. The van der Waals surface area contributed by atoms with Crippen LogP contribution in [0.2, 0.25) is 0 Å². The first-order chi connectivity index (χ1) is 7.79. The molecule has 1 atom stereocenters. The second kappa shape index (κ2) is 5.46. The molecule has 88 valence electrons. The Labute approximate surface area is 97.9 Å². The van der Waals surface area contributed by atoms with Gasteiger partial charge in [0, 0.05) is 19.6 Å². The number of nitrogens with zero attached hydrogens (tertiary/aromatic N) is 1. The van der Waals surface area contributed by atoms with E-state index in [1.807, 2.05) is 0 Å². The molecule has 16 heavy (non-hydrogen) atoms. The molecule has 2 heteroatoms. The molecular weight excluding hydrogens is 198 g/mol. The van der Waals surface area contributed by atoms with Gasteiger partial charge in [0.2, 0.25) is 0 Å². The van der Waals surface area contributed by atoms with Crippen LogP contribution in [-0.2, 0) is 13.1 Å². The Morgan fingerprint density at radius 2 is 1.88 bits per heavy atom. The Kier molecular flexibility index (Phi) is 3.97. The Balaban J connectivity index is 1.82. The summed E-state index contributed by atoms with van der Waals surface area (Å²) in [5.74, 6) is 0. The van der Waals surface area contributed by atoms with E-state index in [0.717, 1.165) is 38.9 Å². The van der Waals surface area contributed by atoms with Crippen molar-refractivity contribution in [2.45, 2.75) is 45.4 Å². The smallest absolute Gasteiger partial charge is 0.0667 e. The molecule has 0 bridgehead atoms. The largest absolute Gasteiger partial charge is 0.392 e. The van der Waals surface area contributed by atoms with Crippen molar-refractivity contribution in [1.82, 2.24) is 4.90 Å². The fourth-order valence-corrected chi connectivity index (χ4v) is 2.36. The number of benzene rings is 1. The first kappa shape index (κ1) is 11.6. The van der Waals surface area contributed by atoms with Crippen LogP contribution in [-0.4, -0.2) is 22.7 Å². The van der Waals surface area contributed by atoms with Crippen LogP contribution in [0.25, 0.3) is 0 Å². The first-order valence-corrected chi connectivity index (χ1v) is 6.26. The number of β-amino-alcohol motifs (C(OH)–C–C–N with tert-alkyl or cyclic N) is 1. The number of fused-ring (bicyclic) bond motifs is 1. The van der Waals surface area contributed by atoms with E-state index in [2.05, 4.69) is 36.1 Å². The number of aliphatic hydroxyl groups is 1. The van der Waals surface area contributed by atoms with E-state index in [1.54, 1.807) is 0 Å². The van der Waals surface area contributed by atoms with Crippen LogP contribution in [0.5, 0.6) is 0 Å². The van der Waals surface area contributed by atoms with Gasteiger partial charge < -0.3 is 5.11 Å². The summed E-state index contributed by atoms with van der Waals surface area (Å²) in [6.45, 7) is 4.98. The summed E-state index contributed by atoms with van der Waals surface area (Å²) in [4.78, 5) is 2.34. The van der Waals surface area contributed by atoms with Crippen molar-refractivity contribution in [2.24, 2.45) is 0 Å². The maximum atomic E-state index is 9.88. The minimum absolute atomic E-state index is 0.158. The van der Waals surface area contributed by atoms with E-state index < -0.39 is 0 Å². The van der Waals surface area contributed by atoms with E-state index in [9.17, 15) is 5.11 Å². The molecule has 1 aliphatic heterocycles. The summed E-state index contributed by atoms with van der Waals surface area (Å²) in [5.41, 5.74) is 2.84. The third-order valence-electron chi connectivity index (χ3n) is 3.27. The van der Waals surface area contributed by atoms with E-state index in [4.69, 9.17) is 0 Å². The Bertz CT molecular complexity index is 312. The summed E-state index contributed by atoms with van der Waals surface area (Å²) in [5, 5.41) is 9.88. The monoisotopic (exact) mass is 219 g/mol. The average Bonchev–Trinajstić information content (AvgIpc) is 2.68. The Morgan fingerprint density at radius 3 is 2.44 bits per heavy atom. The van der Waals surface area contributed by atoms with Crippen LogP contribution in [0.4, 0.5) is 0 Å². The van der Waals surface area contributed by atoms with Crippen LogP contribution < -0.4 is 0 Å². The van der Waals surface area contributed by atoms with Gasteiger partial charge in [-0.25, -0.2) is 0 Å². The molecule has 0 aliphatic carbocycles. The van der Waals surface area contributed by atoms with E-state index in [0.29, 0.717) is 0 Å². The molecule has 0 fully saturated rings. The molecular formula is C14H21NO. The van der Waals surface area contributed by atoms with Gasteiger partial charge in [0.1, 0.15) is 0 Å². The molecule has 0 radical (unpaired) electrons. The molecule has 1 unspecified atom stereocenters.